The van der Waals surface area contributed by atoms with Gasteiger partial charge < -0.3 is 10.6 Å². The molecule has 2 rings (SSSR count). The van der Waals surface area contributed by atoms with Crippen molar-refractivity contribution < 1.29 is 9.59 Å². The van der Waals surface area contributed by atoms with Crippen LogP contribution in [-0.4, -0.2) is 41.8 Å². The summed E-state index contributed by atoms with van der Waals surface area (Å²) in [7, 11) is 3.29. The minimum absolute atomic E-state index is 0.162. The van der Waals surface area contributed by atoms with Crippen molar-refractivity contribution in [1.29, 1.82) is 0 Å². The van der Waals surface area contributed by atoms with Gasteiger partial charge in [-0.1, -0.05) is 0 Å². The summed E-state index contributed by atoms with van der Waals surface area (Å²) >= 11 is 0. The lowest BCUT2D eigenvalue weighted by Crippen LogP contribution is -2.31. The second-order valence-corrected chi connectivity index (χ2v) is 3.90. The van der Waals surface area contributed by atoms with E-state index in [0.29, 0.717) is 0 Å². The van der Waals surface area contributed by atoms with E-state index in [1.807, 2.05) is 6.07 Å². The Hall–Kier alpha value is -2.11. The highest BCUT2D eigenvalue weighted by Gasteiger charge is 2.35. The molecule has 17 heavy (non-hydrogen) atoms. The number of nitrogens with one attached hydrogen (secondary N) is 2. The van der Waals surface area contributed by atoms with E-state index in [1.165, 1.54) is 7.05 Å². The summed E-state index contributed by atoms with van der Waals surface area (Å²) in [6.45, 7) is 0. The van der Waals surface area contributed by atoms with Crippen molar-refractivity contribution >= 4 is 23.2 Å². The Morgan fingerprint density at radius 3 is 2.65 bits per heavy atom. The first-order chi connectivity index (χ1) is 8.11. The van der Waals surface area contributed by atoms with Gasteiger partial charge in [-0.25, -0.2) is 0 Å². The van der Waals surface area contributed by atoms with Gasteiger partial charge in [0.15, 0.2) is 0 Å². The highest BCUT2D eigenvalue weighted by Crippen LogP contribution is 2.18. The van der Waals surface area contributed by atoms with Crippen LogP contribution in [0.4, 0.5) is 11.4 Å². The number of nitrogens with zero attached hydrogens (tertiary/aromatic N) is 2. The number of hydrogen-bond acceptors (Lipinski definition) is 5. The fraction of sp³-hybridized carbons (Fsp3) is 0.364. The summed E-state index contributed by atoms with van der Waals surface area (Å²) in [5, 5.41) is 5.97. The molecule has 6 heteroatoms. The molecule has 0 aliphatic carbocycles. The van der Waals surface area contributed by atoms with Crippen molar-refractivity contribution in [2.45, 2.75) is 12.5 Å². The molecule has 2 N–H and O–H groups in total. The predicted molar refractivity (Wildman–Crippen MR) is 63.6 cm³/mol. The number of hydrogen-bond donors (Lipinski definition) is 2. The lowest BCUT2D eigenvalue weighted by Gasteiger charge is -2.12. The second-order valence-electron chi connectivity index (χ2n) is 3.90. The van der Waals surface area contributed by atoms with E-state index in [4.69, 9.17) is 0 Å². The zero-order valence-corrected chi connectivity index (χ0v) is 9.73. The molecule has 0 saturated carbocycles. The number of aromatic nitrogens is 1. The van der Waals surface area contributed by atoms with Gasteiger partial charge in [-0.05, 0) is 6.07 Å². The SMILES string of the molecule is CNc1cncc(NC2CC(=O)N(C)C2=O)c1. The van der Waals surface area contributed by atoms with Crippen molar-refractivity contribution in [3.63, 3.8) is 0 Å². The van der Waals surface area contributed by atoms with Crippen LogP contribution in [0.3, 0.4) is 0 Å². The lowest BCUT2D eigenvalue weighted by atomic mass is 10.2. The summed E-state index contributed by atoms with van der Waals surface area (Å²) in [4.78, 5) is 28.2. The summed E-state index contributed by atoms with van der Waals surface area (Å²) in [6, 6.07) is 1.35. The molecular formula is C11H14N4O2. The maximum absolute atomic E-state index is 11.7. The fourth-order valence-corrected chi connectivity index (χ4v) is 1.73. The van der Waals surface area contributed by atoms with Crippen LogP contribution in [0.1, 0.15) is 6.42 Å². The number of imide groups is 1. The second kappa shape index (κ2) is 4.40. The molecule has 1 aromatic rings. The highest BCUT2D eigenvalue weighted by molar-refractivity contribution is 6.06. The number of amides is 2. The van der Waals surface area contributed by atoms with E-state index >= 15 is 0 Å². The van der Waals surface area contributed by atoms with Gasteiger partial charge in [-0.2, -0.15) is 0 Å². The van der Waals surface area contributed by atoms with Crippen LogP contribution in [0, 0.1) is 0 Å². The smallest absolute Gasteiger partial charge is 0.251 e. The predicted octanol–water partition coefficient (Wildman–Crippen LogP) is 0.292. The van der Waals surface area contributed by atoms with Gasteiger partial charge >= 0.3 is 0 Å². The lowest BCUT2D eigenvalue weighted by molar-refractivity contribution is -0.136. The van der Waals surface area contributed by atoms with Crippen molar-refractivity contribution in [3.05, 3.63) is 18.5 Å². The van der Waals surface area contributed by atoms with E-state index in [-0.39, 0.29) is 18.2 Å². The van der Waals surface area contributed by atoms with Gasteiger partial charge in [0.05, 0.1) is 30.2 Å². The molecule has 0 spiro atoms. The van der Waals surface area contributed by atoms with Crippen molar-refractivity contribution in [3.8, 4) is 0 Å². The van der Waals surface area contributed by atoms with Gasteiger partial charge in [-0.3, -0.25) is 19.5 Å². The third kappa shape index (κ3) is 2.20. The zero-order valence-electron chi connectivity index (χ0n) is 9.73. The summed E-state index contributed by atoms with van der Waals surface area (Å²) in [6.07, 6.45) is 3.49. The van der Waals surface area contributed by atoms with Crippen LogP contribution in [0.2, 0.25) is 0 Å². The molecule has 90 valence electrons. The van der Waals surface area contributed by atoms with E-state index in [0.717, 1.165) is 16.3 Å². The summed E-state index contributed by atoms with van der Waals surface area (Å²) in [5.41, 5.74) is 1.57. The first-order valence-electron chi connectivity index (χ1n) is 5.31. The Morgan fingerprint density at radius 1 is 1.35 bits per heavy atom. The fourth-order valence-electron chi connectivity index (χ4n) is 1.73. The van der Waals surface area contributed by atoms with Crippen LogP contribution >= 0.6 is 0 Å². The minimum atomic E-state index is -0.485. The molecule has 1 aliphatic heterocycles. The number of anilines is 2. The molecule has 0 radical (unpaired) electrons. The molecule has 0 bridgehead atoms. The topological polar surface area (TPSA) is 74.3 Å². The number of carbonyl (C=O) groups excluding carboxylic acids is 2. The Balaban J connectivity index is 2.11. The average Bonchev–Trinajstić information content (AvgIpc) is 2.57. The van der Waals surface area contributed by atoms with Gasteiger partial charge in [0, 0.05) is 14.1 Å². The summed E-state index contributed by atoms with van der Waals surface area (Å²) in [5.74, 6) is -0.366. The molecule has 2 amide bonds. The van der Waals surface area contributed by atoms with Crippen LogP contribution in [-0.2, 0) is 9.59 Å². The van der Waals surface area contributed by atoms with E-state index in [1.54, 1.807) is 19.4 Å². The Bertz CT molecular complexity index is 461. The quantitative estimate of drug-likeness (QED) is 0.735. The largest absolute Gasteiger partial charge is 0.387 e. The van der Waals surface area contributed by atoms with Gasteiger partial charge in [-0.15, -0.1) is 0 Å². The maximum atomic E-state index is 11.7. The number of pyridine rings is 1. The Morgan fingerprint density at radius 2 is 2.06 bits per heavy atom. The average molecular weight is 234 g/mol. The van der Waals surface area contributed by atoms with E-state index in [2.05, 4.69) is 15.6 Å². The standard InChI is InChI=1S/C11H14N4O2/c1-12-7-3-8(6-13-5-7)14-9-4-10(16)15(2)11(9)17/h3,5-6,9,12,14H,4H2,1-2H3. The van der Waals surface area contributed by atoms with Crippen molar-refractivity contribution in [2.75, 3.05) is 24.7 Å². The van der Waals surface area contributed by atoms with Gasteiger partial charge in [0.1, 0.15) is 6.04 Å². The molecule has 1 unspecified atom stereocenters. The van der Waals surface area contributed by atoms with Crippen molar-refractivity contribution in [1.82, 2.24) is 9.88 Å². The molecule has 1 saturated heterocycles. The first kappa shape index (κ1) is 11.4. The van der Waals surface area contributed by atoms with Crippen LogP contribution in [0.15, 0.2) is 18.5 Å². The minimum Gasteiger partial charge on any atom is -0.387 e. The monoisotopic (exact) mass is 234 g/mol. The third-order valence-corrected chi connectivity index (χ3v) is 2.75. The molecule has 1 fully saturated rings. The van der Waals surface area contributed by atoms with Crippen LogP contribution in [0.25, 0.3) is 0 Å². The maximum Gasteiger partial charge on any atom is 0.251 e. The molecule has 2 heterocycles. The summed E-state index contributed by atoms with van der Waals surface area (Å²) < 4.78 is 0. The van der Waals surface area contributed by atoms with Gasteiger partial charge in [0.25, 0.3) is 5.91 Å². The van der Waals surface area contributed by atoms with Crippen LogP contribution < -0.4 is 10.6 Å². The highest BCUT2D eigenvalue weighted by atomic mass is 16.2. The zero-order chi connectivity index (χ0) is 12.4. The first-order valence-corrected chi connectivity index (χ1v) is 5.31. The number of carbonyl (C=O) groups is 2. The van der Waals surface area contributed by atoms with E-state index in [9.17, 15) is 9.59 Å². The van der Waals surface area contributed by atoms with E-state index < -0.39 is 6.04 Å². The molecule has 1 atom stereocenters. The van der Waals surface area contributed by atoms with Gasteiger partial charge in [0.2, 0.25) is 5.91 Å². The van der Waals surface area contributed by atoms with Crippen molar-refractivity contribution in [2.24, 2.45) is 0 Å². The third-order valence-electron chi connectivity index (χ3n) is 2.75. The number of likely N-dealkylation sites (N-methyl/N-ethyl adjacent to an activating group) is 1. The molecule has 0 aromatic carbocycles. The van der Waals surface area contributed by atoms with Crippen LogP contribution in [0.5, 0.6) is 0 Å². The molecule has 6 nitrogen and oxygen atoms in total. The molecule has 1 aromatic heterocycles. The Kier molecular flexibility index (Phi) is 2.95. The number of likely N-dealkylation sites (tertiary alicyclic amines) is 1. The Labute approximate surface area is 99.0 Å². The molecule has 1 aliphatic rings. The normalized spacial score (nSPS) is 19.6. The number of rotatable bonds is 3. The molecular weight excluding hydrogens is 220 g/mol.